The molecular weight excluding hydrogens is 276 g/mol. The van der Waals surface area contributed by atoms with Gasteiger partial charge in [-0.05, 0) is 22.4 Å². The van der Waals surface area contributed by atoms with Crippen molar-refractivity contribution in [3.63, 3.8) is 0 Å². The number of phenols is 1. The van der Waals surface area contributed by atoms with E-state index in [1.165, 1.54) is 12.1 Å². The molecule has 3 N–H and O–H groups in total. The second-order valence-corrected chi connectivity index (χ2v) is 4.37. The van der Waals surface area contributed by atoms with Gasteiger partial charge < -0.3 is 10.8 Å². The van der Waals surface area contributed by atoms with Crippen LogP contribution in [0.5, 0.6) is 5.75 Å². The fourth-order valence-corrected chi connectivity index (χ4v) is 1.92. The summed E-state index contributed by atoms with van der Waals surface area (Å²) in [6.07, 6.45) is 1.52. The van der Waals surface area contributed by atoms with Gasteiger partial charge in [-0.1, -0.05) is 13.3 Å². The van der Waals surface area contributed by atoms with Crippen LogP contribution in [0, 0.1) is 10.1 Å². The number of nitrogens with zero attached hydrogens (tertiary/aromatic N) is 1. The molecule has 0 aliphatic rings. The lowest BCUT2D eigenvalue weighted by molar-refractivity contribution is -0.385. The number of rotatable bonds is 4. The number of non-ortho nitro benzene ring substituents is 1. The molecule has 0 fully saturated rings. The Morgan fingerprint density at radius 1 is 1.62 bits per heavy atom. The van der Waals surface area contributed by atoms with Gasteiger partial charge in [-0.15, -0.1) is 0 Å². The van der Waals surface area contributed by atoms with Crippen LogP contribution in [-0.4, -0.2) is 10.0 Å². The van der Waals surface area contributed by atoms with Crippen LogP contribution in [0.25, 0.3) is 0 Å². The third-order valence-corrected chi connectivity index (χ3v) is 2.89. The SMILES string of the molecule is CCC[C@H](N)c1cc([N+](=O)[O-])cc(Br)c1O. The minimum atomic E-state index is -0.508. The number of benzene rings is 1. The standard InChI is InChI=1S/C10H13BrN2O3/c1-2-3-9(12)7-4-6(13(15)16)5-8(11)10(7)14/h4-5,9,14H,2-3,12H2,1H3/t9-/m0/s1. The highest BCUT2D eigenvalue weighted by Gasteiger charge is 2.18. The molecule has 88 valence electrons. The van der Waals surface area contributed by atoms with E-state index in [0.717, 1.165) is 6.42 Å². The smallest absolute Gasteiger partial charge is 0.271 e. The number of nitro benzene ring substituents is 1. The zero-order chi connectivity index (χ0) is 12.3. The predicted octanol–water partition coefficient (Wildman–Crippen LogP) is 2.86. The monoisotopic (exact) mass is 288 g/mol. The predicted molar refractivity (Wildman–Crippen MR) is 64.3 cm³/mol. The fraction of sp³-hybridized carbons (Fsp3) is 0.400. The molecule has 1 aromatic rings. The first-order valence-electron chi connectivity index (χ1n) is 4.89. The molecule has 0 aliphatic heterocycles. The quantitative estimate of drug-likeness (QED) is 0.658. The highest BCUT2D eigenvalue weighted by atomic mass is 79.9. The highest BCUT2D eigenvalue weighted by Crippen LogP contribution is 2.36. The summed E-state index contributed by atoms with van der Waals surface area (Å²) in [5.74, 6) is -0.0217. The van der Waals surface area contributed by atoms with E-state index >= 15 is 0 Å². The summed E-state index contributed by atoms with van der Waals surface area (Å²) in [5, 5.41) is 20.4. The molecule has 5 nitrogen and oxygen atoms in total. The van der Waals surface area contributed by atoms with Crippen molar-refractivity contribution in [3.8, 4) is 5.75 Å². The number of halogens is 1. The Hall–Kier alpha value is -1.14. The van der Waals surface area contributed by atoms with Gasteiger partial charge in [0.2, 0.25) is 0 Å². The number of hydrogen-bond acceptors (Lipinski definition) is 4. The van der Waals surface area contributed by atoms with Gasteiger partial charge in [-0.25, -0.2) is 0 Å². The normalized spacial score (nSPS) is 12.4. The number of nitrogens with two attached hydrogens (primary N) is 1. The van der Waals surface area contributed by atoms with Crippen molar-refractivity contribution in [2.45, 2.75) is 25.8 Å². The van der Waals surface area contributed by atoms with Crippen LogP contribution in [-0.2, 0) is 0 Å². The second kappa shape index (κ2) is 5.27. The van der Waals surface area contributed by atoms with Gasteiger partial charge in [0.25, 0.3) is 5.69 Å². The van der Waals surface area contributed by atoms with Crippen LogP contribution >= 0.6 is 15.9 Å². The van der Waals surface area contributed by atoms with Crippen LogP contribution in [0.2, 0.25) is 0 Å². The van der Waals surface area contributed by atoms with Crippen LogP contribution in [0.4, 0.5) is 5.69 Å². The first-order valence-corrected chi connectivity index (χ1v) is 5.69. The Morgan fingerprint density at radius 2 is 2.25 bits per heavy atom. The van der Waals surface area contributed by atoms with E-state index < -0.39 is 4.92 Å². The van der Waals surface area contributed by atoms with Gasteiger partial charge >= 0.3 is 0 Å². The van der Waals surface area contributed by atoms with Crippen LogP contribution in [0.3, 0.4) is 0 Å². The number of phenolic OH excluding ortho intramolecular Hbond substituents is 1. The Balaban J connectivity index is 3.21. The maximum absolute atomic E-state index is 10.7. The van der Waals surface area contributed by atoms with Gasteiger partial charge in [-0.2, -0.15) is 0 Å². The Bertz CT molecular complexity index is 409. The summed E-state index contributed by atoms with van der Waals surface area (Å²) in [4.78, 5) is 10.2. The Labute approximate surface area is 102 Å². The van der Waals surface area contributed by atoms with Gasteiger partial charge in [0.1, 0.15) is 5.75 Å². The van der Waals surface area contributed by atoms with E-state index in [1.807, 2.05) is 6.92 Å². The lowest BCUT2D eigenvalue weighted by Gasteiger charge is -2.13. The Morgan fingerprint density at radius 3 is 2.75 bits per heavy atom. The summed E-state index contributed by atoms with van der Waals surface area (Å²) in [7, 11) is 0. The molecular formula is C10H13BrN2O3. The van der Waals surface area contributed by atoms with E-state index in [2.05, 4.69) is 15.9 Å². The summed E-state index contributed by atoms with van der Waals surface area (Å²) in [6, 6.07) is 2.19. The summed E-state index contributed by atoms with van der Waals surface area (Å²) in [6.45, 7) is 1.96. The number of hydrogen-bond donors (Lipinski definition) is 2. The molecule has 1 rings (SSSR count). The minimum absolute atomic E-state index is 0.0217. The molecule has 0 saturated carbocycles. The molecule has 0 amide bonds. The third kappa shape index (κ3) is 2.70. The minimum Gasteiger partial charge on any atom is -0.506 e. The van der Waals surface area contributed by atoms with E-state index in [9.17, 15) is 15.2 Å². The van der Waals surface area contributed by atoms with Gasteiger partial charge in [0.05, 0.1) is 9.40 Å². The molecule has 0 bridgehead atoms. The molecule has 0 aliphatic carbocycles. The lowest BCUT2D eigenvalue weighted by atomic mass is 10.0. The first-order chi connectivity index (χ1) is 7.47. The third-order valence-electron chi connectivity index (χ3n) is 2.29. The molecule has 0 spiro atoms. The van der Waals surface area contributed by atoms with Crippen molar-refractivity contribution in [1.29, 1.82) is 0 Å². The fourth-order valence-electron chi connectivity index (χ4n) is 1.46. The van der Waals surface area contributed by atoms with Crippen molar-refractivity contribution in [2.24, 2.45) is 5.73 Å². The maximum atomic E-state index is 10.7. The topological polar surface area (TPSA) is 89.4 Å². The average Bonchev–Trinajstić information content (AvgIpc) is 2.21. The molecule has 16 heavy (non-hydrogen) atoms. The van der Waals surface area contributed by atoms with E-state index in [-0.39, 0.29) is 17.5 Å². The molecule has 1 atom stereocenters. The molecule has 0 unspecified atom stereocenters. The molecule has 6 heteroatoms. The van der Waals surface area contributed by atoms with Crippen molar-refractivity contribution in [3.05, 3.63) is 32.3 Å². The Kier molecular flexibility index (Phi) is 4.26. The van der Waals surface area contributed by atoms with Crippen molar-refractivity contribution < 1.29 is 10.0 Å². The van der Waals surface area contributed by atoms with Crippen LogP contribution < -0.4 is 5.73 Å². The van der Waals surface area contributed by atoms with Crippen LogP contribution in [0.15, 0.2) is 16.6 Å². The maximum Gasteiger partial charge on any atom is 0.271 e. The van der Waals surface area contributed by atoms with Crippen molar-refractivity contribution >= 4 is 21.6 Å². The van der Waals surface area contributed by atoms with E-state index in [4.69, 9.17) is 5.73 Å². The average molecular weight is 289 g/mol. The van der Waals surface area contributed by atoms with Crippen molar-refractivity contribution in [1.82, 2.24) is 0 Å². The van der Waals surface area contributed by atoms with Crippen molar-refractivity contribution in [2.75, 3.05) is 0 Å². The molecule has 0 saturated heterocycles. The summed E-state index contributed by atoms with van der Waals surface area (Å²) in [5.41, 5.74) is 6.17. The summed E-state index contributed by atoms with van der Waals surface area (Å²) >= 11 is 3.07. The van der Waals surface area contributed by atoms with E-state index in [0.29, 0.717) is 16.5 Å². The first kappa shape index (κ1) is 12.9. The molecule has 0 aromatic heterocycles. The zero-order valence-corrected chi connectivity index (χ0v) is 10.4. The largest absolute Gasteiger partial charge is 0.506 e. The van der Waals surface area contributed by atoms with E-state index in [1.54, 1.807) is 0 Å². The van der Waals surface area contributed by atoms with Gasteiger partial charge in [0, 0.05) is 23.7 Å². The highest BCUT2D eigenvalue weighted by molar-refractivity contribution is 9.10. The van der Waals surface area contributed by atoms with Crippen LogP contribution in [0.1, 0.15) is 31.4 Å². The molecule has 0 radical (unpaired) electrons. The lowest BCUT2D eigenvalue weighted by Crippen LogP contribution is -2.10. The van der Waals surface area contributed by atoms with Gasteiger partial charge in [-0.3, -0.25) is 10.1 Å². The summed E-state index contributed by atoms with van der Waals surface area (Å²) < 4.78 is 0.295. The number of nitro groups is 1. The number of aromatic hydroxyl groups is 1. The second-order valence-electron chi connectivity index (χ2n) is 3.52. The molecule has 0 heterocycles. The molecule has 1 aromatic carbocycles. The van der Waals surface area contributed by atoms with Gasteiger partial charge in [0.15, 0.2) is 0 Å². The zero-order valence-electron chi connectivity index (χ0n) is 8.81.